The fourth-order valence-electron chi connectivity index (χ4n) is 4.18. The fourth-order valence-corrected chi connectivity index (χ4v) is 4.18. The quantitative estimate of drug-likeness (QED) is 0.323. The standard InChI is InChI=1S/C28H26N6O3/c1-16-12-13-17(2)21(14-16)33-28(35)23-24-27(32-20-10-6-5-9-19(20)31-24)34(26(23)29)30-15-18-8-7-11-22(36-3)25(18)37-4/h5-15H,29H2,1-4H3,(H,33,35)/b30-15-. The summed E-state index contributed by atoms with van der Waals surface area (Å²) >= 11 is 0. The molecule has 0 unspecified atom stereocenters. The molecule has 0 saturated carbocycles. The number of ether oxygens (including phenoxy) is 2. The lowest BCUT2D eigenvalue weighted by Crippen LogP contribution is -2.15. The van der Waals surface area contributed by atoms with Gasteiger partial charge in [0.05, 0.1) is 31.5 Å². The summed E-state index contributed by atoms with van der Waals surface area (Å²) in [6.45, 7) is 3.90. The van der Waals surface area contributed by atoms with Crippen LogP contribution in [0.4, 0.5) is 11.5 Å². The van der Waals surface area contributed by atoms with Crippen LogP contribution >= 0.6 is 0 Å². The molecule has 9 heteroatoms. The number of hydrogen-bond donors (Lipinski definition) is 2. The molecule has 0 fully saturated rings. The van der Waals surface area contributed by atoms with Crippen LogP contribution in [-0.4, -0.2) is 41.0 Å². The first-order valence-electron chi connectivity index (χ1n) is 11.6. The predicted molar refractivity (Wildman–Crippen MR) is 146 cm³/mol. The molecule has 3 aromatic carbocycles. The van der Waals surface area contributed by atoms with Gasteiger partial charge in [0.2, 0.25) is 0 Å². The molecule has 1 amide bonds. The number of nitrogens with two attached hydrogens (primary N) is 1. The number of rotatable bonds is 6. The number of para-hydroxylation sites is 3. The minimum Gasteiger partial charge on any atom is -0.493 e. The van der Waals surface area contributed by atoms with E-state index in [2.05, 4.69) is 10.4 Å². The number of nitrogens with one attached hydrogen (secondary N) is 1. The number of fused-ring (bicyclic) bond motifs is 2. The van der Waals surface area contributed by atoms with Gasteiger partial charge >= 0.3 is 0 Å². The first-order chi connectivity index (χ1) is 17.9. The van der Waals surface area contributed by atoms with Gasteiger partial charge in [-0.2, -0.15) is 9.78 Å². The maximum absolute atomic E-state index is 13.6. The van der Waals surface area contributed by atoms with Gasteiger partial charge in [-0.25, -0.2) is 9.97 Å². The van der Waals surface area contributed by atoms with Crippen molar-refractivity contribution in [1.29, 1.82) is 0 Å². The van der Waals surface area contributed by atoms with Crippen LogP contribution in [0.25, 0.3) is 22.2 Å². The highest BCUT2D eigenvalue weighted by Crippen LogP contribution is 2.31. The molecule has 0 aliphatic rings. The maximum Gasteiger partial charge on any atom is 0.261 e. The summed E-state index contributed by atoms with van der Waals surface area (Å²) in [6, 6.07) is 18.7. The van der Waals surface area contributed by atoms with Gasteiger partial charge in [0.1, 0.15) is 16.9 Å². The van der Waals surface area contributed by atoms with E-state index >= 15 is 0 Å². The zero-order valence-corrected chi connectivity index (χ0v) is 20.9. The Morgan fingerprint density at radius 1 is 1.00 bits per heavy atom. The molecular formula is C28H26N6O3. The van der Waals surface area contributed by atoms with E-state index in [1.54, 1.807) is 26.5 Å². The zero-order chi connectivity index (χ0) is 26.1. The lowest BCUT2D eigenvalue weighted by atomic mass is 10.1. The average molecular weight is 495 g/mol. The number of nitrogen functional groups attached to an aromatic ring is 1. The summed E-state index contributed by atoms with van der Waals surface area (Å²) in [5, 5.41) is 7.57. The largest absolute Gasteiger partial charge is 0.493 e. The Labute approximate surface area is 213 Å². The van der Waals surface area contributed by atoms with Crippen LogP contribution in [0, 0.1) is 13.8 Å². The molecule has 0 bridgehead atoms. The Morgan fingerprint density at radius 2 is 1.76 bits per heavy atom. The van der Waals surface area contributed by atoms with E-state index in [0.717, 1.165) is 11.1 Å². The van der Waals surface area contributed by atoms with Crippen LogP contribution in [0.15, 0.2) is 65.8 Å². The van der Waals surface area contributed by atoms with Crippen LogP contribution in [0.3, 0.4) is 0 Å². The Morgan fingerprint density at radius 3 is 2.49 bits per heavy atom. The Bertz CT molecular complexity index is 1690. The van der Waals surface area contributed by atoms with Gasteiger partial charge in [-0.05, 0) is 55.3 Å². The topological polar surface area (TPSA) is 117 Å². The van der Waals surface area contributed by atoms with E-state index in [4.69, 9.17) is 25.2 Å². The van der Waals surface area contributed by atoms with Crippen LogP contribution in [0.5, 0.6) is 11.5 Å². The van der Waals surface area contributed by atoms with Crippen molar-refractivity contribution < 1.29 is 14.3 Å². The molecule has 0 saturated heterocycles. The summed E-state index contributed by atoms with van der Waals surface area (Å²) in [6.07, 6.45) is 1.58. The number of aromatic nitrogens is 3. The lowest BCUT2D eigenvalue weighted by Gasteiger charge is -2.10. The number of methoxy groups -OCH3 is 2. The van der Waals surface area contributed by atoms with Crippen molar-refractivity contribution in [2.45, 2.75) is 13.8 Å². The number of amides is 1. The van der Waals surface area contributed by atoms with Gasteiger partial charge in [0.15, 0.2) is 17.1 Å². The second kappa shape index (κ2) is 9.62. The summed E-state index contributed by atoms with van der Waals surface area (Å²) in [4.78, 5) is 23.0. The van der Waals surface area contributed by atoms with Crippen LogP contribution in [-0.2, 0) is 0 Å². The first kappa shape index (κ1) is 23.8. The second-order valence-electron chi connectivity index (χ2n) is 8.56. The number of anilines is 2. The highest BCUT2D eigenvalue weighted by Gasteiger charge is 2.24. The molecule has 186 valence electrons. The number of carbonyl (C=O) groups is 1. The molecule has 0 aliphatic heterocycles. The van der Waals surface area contributed by atoms with Crippen LogP contribution in [0.1, 0.15) is 27.0 Å². The molecular weight excluding hydrogens is 468 g/mol. The van der Waals surface area contributed by atoms with Crippen molar-refractivity contribution in [2.24, 2.45) is 5.10 Å². The Balaban J connectivity index is 1.68. The number of aryl methyl sites for hydroxylation is 2. The van der Waals surface area contributed by atoms with Crippen LogP contribution in [0.2, 0.25) is 0 Å². The maximum atomic E-state index is 13.6. The molecule has 5 rings (SSSR count). The summed E-state index contributed by atoms with van der Waals surface area (Å²) in [5.41, 5.74) is 12.1. The third-order valence-corrected chi connectivity index (χ3v) is 6.09. The number of hydrogen-bond acceptors (Lipinski definition) is 7. The average Bonchev–Trinajstić information content (AvgIpc) is 3.17. The van der Waals surface area contributed by atoms with Gasteiger partial charge in [0, 0.05) is 11.3 Å². The SMILES string of the molecule is COc1cccc(/C=N\n2c(N)c(C(=O)Nc3cc(C)ccc3C)c3nc4ccccc4nc32)c1OC. The monoisotopic (exact) mass is 494 g/mol. The zero-order valence-electron chi connectivity index (χ0n) is 20.9. The number of carbonyl (C=O) groups excluding carboxylic acids is 1. The molecule has 9 nitrogen and oxygen atoms in total. The minimum absolute atomic E-state index is 0.117. The smallest absolute Gasteiger partial charge is 0.261 e. The van der Waals surface area contributed by atoms with Crippen molar-refractivity contribution >= 4 is 45.8 Å². The molecule has 5 aromatic rings. The first-order valence-corrected chi connectivity index (χ1v) is 11.6. The molecule has 3 N–H and O–H groups in total. The van der Waals surface area contributed by atoms with E-state index in [0.29, 0.717) is 44.9 Å². The molecule has 2 aromatic heterocycles. The molecule has 37 heavy (non-hydrogen) atoms. The lowest BCUT2D eigenvalue weighted by molar-refractivity contribution is 0.102. The molecule has 0 radical (unpaired) electrons. The number of nitrogens with zero attached hydrogens (tertiary/aromatic N) is 4. The van der Waals surface area contributed by atoms with Gasteiger partial charge in [-0.1, -0.05) is 30.3 Å². The van der Waals surface area contributed by atoms with E-state index in [-0.39, 0.29) is 11.4 Å². The van der Waals surface area contributed by atoms with E-state index < -0.39 is 5.91 Å². The van der Waals surface area contributed by atoms with Gasteiger partial charge in [0.25, 0.3) is 5.91 Å². The van der Waals surface area contributed by atoms with Crippen molar-refractivity contribution in [1.82, 2.24) is 14.6 Å². The highest BCUT2D eigenvalue weighted by atomic mass is 16.5. The van der Waals surface area contributed by atoms with Gasteiger partial charge in [-0.3, -0.25) is 4.79 Å². The second-order valence-corrected chi connectivity index (χ2v) is 8.56. The molecule has 0 atom stereocenters. The minimum atomic E-state index is -0.395. The van der Waals surface area contributed by atoms with Crippen molar-refractivity contribution in [3.8, 4) is 11.5 Å². The fraction of sp³-hybridized carbons (Fsp3) is 0.143. The summed E-state index contributed by atoms with van der Waals surface area (Å²) in [5.74, 6) is 0.810. The van der Waals surface area contributed by atoms with Crippen molar-refractivity contribution in [3.05, 3.63) is 82.9 Å². The molecule has 0 aliphatic carbocycles. The number of benzene rings is 3. The summed E-state index contributed by atoms with van der Waals surface area (Å²) in [7, 11) is 3.12. The van der Waals surface area contributed by atoms with Crippen LogP contribution < -0.4 is 20.5 Å². The molecule has 2 heterocycles. The highest BCUT2D eigenvalue weighted by molar-refractivity contribution is 6.16. The third-order valence-electron chi connectivity index (χ3n) is 6.09. The normalized spacial score (nSPS) is 11.4. The summed E-state index contributed by atoms with van der Waals surface area (Å²) < 4.78 is 12.3. The van der Waals surface area contributed by atoms with Crippen molar-refractivity contribution in [3.63, 3.8) is 0 Å². The molecule has 0 spiro atoms. The van der Waals surface area contributed by atoms with E-state index in [1.807, 2.05) is 68.4 Å². The Hall–Kier alpha value is -4.92. The van der Waals surface area contributed by atoms with Crippen molar-refractivity contribution in [2.75, 3.05) is 25.3 Å². The third kappa shape index (κ3) is 4.31. The predicted octanol–water partition coefficient (Wildman–Crippen LogP) is 4.94. The van der Waals surface area contributed by atoms with Gasteiger partial charge < -0.3 is 20.5 Å². The Kier molecular flexibility index (Phi) is 6.19. The van der Waals surface area contributed by atoms with E-state index in [9.17, 15) is 4.79 Å². The van der Waals surface area contributed by atoms with E-state index in [1.165, 1.54) is 4.68 Å². The van der Waals surface area contributed by atoms with Gasteiger partial charge in [-0.15, -0.1) is 0 Å².